The van der Waals surface area contributed by atoms with Gasteiger partial charge >= 0.3 is 0 Å². The van der Waals surface area contributed by atoms with E-state index in [1.807, 2.05) is 11.8 Å². The average Bonchev–Trinajstić information content (AvgIpc) is 2.48. The summed E-state index contributed by atoms with van der Waals surface area (Å²) in [5, 5.41) is 7.79. The molecule has 1 saturated carbocycles. The Hall–Kier alpha value is 0.270. The maximum atomic E-state index is 3.99. The van der Waals surface area contributed by atoms with E-state index in [1.54, 1.807) is 0 Å². The van der Waals surface area contributed by atoms with Crippen LogP contribution in [0, 0.1) is 5.92 Å². The lowest BCUT2D eigenvalue weighted by molar-refractivity contribution is 0.173. The lowest BCUT2D eigenvalue weighted by Crippen LogP contribution is -2.53. The second-order valence-corrected chi connectivity index (χ2v) is 7.25. The normalized spacial score (nSPS) is 34.1. The highest BCUT2D eigenvalue weighted by molar-refractivity contribution is 7.98. The first-order chi connectivity index (χ1) is 9.35. The molecule has 0 spiro atoms. The molecule has 1 heterocycles. The van der Waals surface area contributed by atoms with Crippen LogP contribution in [0.2, 0.25) is 0 Å². The summed E-state index contributed by atoms with van der Waals surface area (Å²) in [6.45, 7) is 3.57. The molecule has 0 bridgehead atoms. The van der Waals surface area contributed by atoms with E-state index in [0.29, 0.717) is 6.04 Å². The van der Waals surface area contributed by atoms with Crippen LogP contribution < -0.4 is 10.6 Å². The number of thioether (sulfide) groups is 1. The van der Waals surface area contributed by atoms with E-state index in [1.165, 1.54) is 63.7 Å². The highest BCUT2D eigenvalue weighted by Gasteiger charge is 2.33. The molecule has 2 rings (SSSR count). The Balaban J connectivity index is 1.90. The van der Waals surface area contributed by atoms with Gasteiger partial charge in [-0.05, 0) is 50.8 Å². The van der Waals surface area contributed by atoms with E-state index in [4.69, 9.17) is 0 Å². The molecule has 0 aromatic carbocycles. The largest absolute Gasteiger partial charge is 0.314 e. The van der Waals surface area contributed by atoms with Crippen molar-refractivity contribution in [3.05, 3.63) is 0 Å². The third-order valence-electron chi connectivity index (χ3n) is 5.00. The SMILES string of the molecule is CCC(CSC)NC1CCCCC1C1CCCCN1. The molecule has 0 amide bonds. The fourth-order valence-corrected chi connectivity index (χ4v) is 4.61. The van der Waals surface area contributed by atoms with Crippen molar-refractivity contribution in [3.8, 4) is 0 Å². The van der Waals surface area contributed by atoms with Crippen molar-refractivity contribution >= 4 is 11.8 Å². The highest BCUT2D eigenvalue weighted by Crippen LogP contribution is 2.31. The third kappa shape index (κ3) is 4.64. The molecule has 112 valence electrons. The maximum absolute atomic E-state index is 3.99. The van der Waals surface area contributed by atoms with Gasteiger partial charge in [0, 0.05) is 23.9 Å². The van der Waals surface area contributed by atoms with Gasteiger partial charge in [0.2, 0.25) is 0 Å². The quantitative estimate of drug-likeness (QED) is 0.781. The molecule has 19 heavy (non-hydrogen) atoms. The molecule has 4 atom stereocenters. The molecule has 1 aliphatic heterocycles. The van der Waals surface area contributed by atoms with E-state index < -0.39 is 0 Å². The smallest absolute Gasteiger partial charge is 0.0158 e. The molecule has 0 aromatic heterocycles. The fourth-order valence-electron chi connectivity index (χ4n) is 3.88. The van der Waals surface area contributed by atoms with Crippen molar-refractivity contribution in [2.45, 2.75) is 76.4 Å². The van der Waals surface area contributed by atoms with Crippen LogP contribution in [0.15, 0.2) is 0 Å². The summed E-state index contributed by atoms with van der Waals surface area (Å²) < 4.78 is 0. The van der Waals surface area contributed by atoms with Crippen LogP contribution in [-0.4, -0.2) is 36.7 Å². The lowest BCUT2D eigenvalue weighted by Gasteiger charge is -2.41. The van der Waals surface area contributed by atoms with Gasteiger partial charge in [-0.15, -0.1) is 0 Å². The van der Waals surface area contributed by atoms with Crippen LogP contribution in [-0.2, 0) is 0 Å². The van der Waals surface area contributed by atoms with Crippen molar-refractivity contribution in [1.29, 1.82) is 0 Å². The molecular weight excluding hydrogens is 252 g/mol. The average molecular weight is 285 g/mol. The maximum Gasteiger partial charge on any atom is 0.0158 e. The first-order valence-corrected chi connectivity index (χ1v) is 9.73. The number of rotatable bonds is 6. The zero-order chi connectivity index (χ0) is 13.5. The topological polar surface area (TPSA) is 24.1 Å². The minimum atomic E-state index is 0.712. The molecule has 2 fully saturated rings. The van der Waals surface area contributed by atoms with Crippen LogP contribution in [0.3, 0.4) is 0 Å². The van der Waals surface area contributed by atoms with Crippen molar-refractivity contribution in [2.24, 2.45) is 5.92 Å². The Morgan fingerprint density at radius 1 is 1.16 bits per heavy atom. The molecule has 3 heteroatoms. The Labute approximate surface area is 123 Å². The van der Waals surface area contributed by atoms with E-state index in [9.17, 15) is 0 Å². The number of hydrogen-bond acceptors (Lipinski definition) is 3. The summed E-state index contributed by atoms with van der Waals surface area (Å²) in [6.07, 6.45) is 13.4. The van der Waals surface area contributed by atoms with Crippen LogP contribution in [0.25, 0.3) is 0 Å². The van der Waals surface area contributed by atoms with Crippen molar-refractivity contribution in [1.82, 2.24) is 10.6 Å². The molecule has 2 aliphatic rings. The zero-order valence-electron chi connectivity index (χ0n) is 12.8. The monoisotopic (exact) mass is 284 g/mol. The van der Waals surface area contributed by atoms with Gasteiger partial charge in [0.1, 0.15) is 0 Å². The second kappa shape index (κ2) is 8.53. The minimum Gasteiger partial charge on any atom is -0.314 e. The van der Waals surface area contributed by atoms with Gasteiger partial charge < -0.3 is 10.6 Å². The second-order valence-electron chi connectivity index (χ2n) is 6.34. The predicted molar refractivity (Wildman–Crippen MR) is 87.0 cm³/mol. The van der Waals surface area contributed by atoms with Gasteiger partial charge in [0.05, 0.1) is 0 Å². The summed E-state index contributed by atoms with van der Waals surface area (Å²) >= 11 is 1.98. The van der Waals surface area contributed by atoms with Gasteiger partial charge in [0.25, 0.3) is 0 Å². The number of piperidine rings is 1. The van der Waals surface area contributed by atoms with E-state index in [-0.39, 0.29) is 0 Å². The Morgan fingerprint density at radius 2 is 1.95 bits per heavy atom. The fraction of sp³-hybridized carbons (Fsp3) is 1.00. The Morgan fingerprint density at radius 3 is 2.63 bits per heavy atom. The third-order valence-corrected chi connectivity index (χ3v) is 5.73. The summed E-state index contributed by atoms with van der Waals surface area (Å²) in [5.74, 6) is 2.14. The molecule has 0 radical (unpaired) electrons. The van der Waals surface area contributed by atoms with E-state index >= 15 is 0 Å². The van der Waals surface area contributed by atoms with Gasteiger partial charge in [-0.3, -0.25) is 0 Å². The Kier molecular flexibility index (Phi) is 7.03. The molecule has 4 unspecified atom stereocenters. The van der Waals surface area contributed by atoms with Crippen LogP contribution >= 0.6 is 11.8 Å². The van der Waals surface area contributed by atoms with Crippen LogP contribution in [0.1, 0.15) is 58.3 Å². The standard InChI is InChI=1S/C16H32N2S/c1-3-13(12-19-2)18-16-10-5-4-8-14(16)15-9-6-7-11-17-15/h13-18H,3-12H2,1-2H3. The molecular formula is C16H32N2S. The first-order valence-electron chi connectivity index (χ1n) is 8.33. The summed E-state index contributed by atoms with van der Waals surface area (Å²) in [7, 11) is 0. The molecule has 1 aliphatic carbocycles. The summed E-state index contributed by atoms with van der Waals surface area (Å²) in [6, 6.07) is 2.27. The molecule has 1 saturated heterocycles. The summed E-state index contributed by atoms with van der Waals surface area (Å²) in [5.41, 5.74) is 0. The number of nitrogens with one attached hydrogen (secondary N) is 2. The van der Waals surface area contributed by atoms with Gasteiger partial charge in [-0.1, -0.05) is 26.2 Å². The molecule has 2 N–H and O–H groups in total. The first kappa shape index (κ1) is 15.7. The molecule has 0 aromatic rings. The van der Waals surface area contributed by atoms with Crippen molar-refractivity contribution in [3.63, 3.8) is 0 Å². The van der Waals surface area contributed by atoms with E-state index in [2.05, 4.69) is 23.8 Å². The van der Waals surface area contributed by atoms with Crippen molar-refractivity contribution in [2.75, 3.05) is 18.6 Å². The minimum absolute atomic E-state index is 0.712. The summed E-state index contributed by atoms with van der Waals surface area (Å²) in [4.78, 5) is 0. The zero-order valence-corrected chi connectivity index (χ0v) is 13.6. The van der Waals surface area contributed by atoms with Crippen molar-refractivity contribution < 1.29 is 0 Å². The Bertz CT molecular complexity index is 241. The van der Waals surface area contributed by atoms with Gasteiger partial charge in [-0.2, -0.15) is 11.8 Å². The van der Waals surface area contributed by atoms with E-state index in [0.717, 1.165) is 18.0 Å². The highest BCUT2D eigenvalue weighted by atomic mass is 32.2. The molecule has 2 nitrogen and oxygen atoms in total. The van der Waals surface area contributed by atoms with Crippen LogP contribution in [0.5, 0.6) is 0 Å². The van der Waals surface area contributed by atoms with Gasteiger partial charge in [-0.25, -0.2) is 0 Å². The van der Waals surface area contributed by atoms with Crippen LogP contribution in [0.4, 0.5) is 0 Å². The predicted octanol–water partition coefficient (Wildman–Crippen LogP) is 3.42. The van der Waals surface area contributed by atoms with Gasteiger partial charge in [0.15, 0.2) is 0 Å². The number of hydrogen-bond donors (Lipinski definition) is 2. The lowest BCUT2D eigenvalue weighted by atomic mass is 9.77.